The third-order valence-electron chi connectivity index (χ3n) is 11.9. The highest BCUT2D eigenvalue weighted by Gasteiger charge is 2.43. The molecule has 0 aromatic carbocycles. The molecule has 9 heteroatoms. The van der Waals surface area contributed by atoms with E-state index in [-0.39, 0.29) is 24.2 Å². The second kappa shape index (κ2) is 15.8. The highest BCUT2D eigenvalue weighted by Crippen LogP contribution is 2.47. The number of rotatable bonds is 14. The Labute approximate surface area is 315 Å². The Bertz CT molecular complexity index is 1960. The molecule has 0 saturated carbocycles. The number of aliphatic carboxylic acids is 1. The van der Waals surface area contributed by atoms with Gasteiger partial charge in [-0.05, 0) is 105 Å². The maximum atomic E-state index is 14.3. The number of allylic oxidation sites excluding steroid dienone is 12. The Balaban J connectivity index is 1.59. The molecule has 0 aromatic heterocycles. The lowest BCUT2D eigenvalue weighted by atomic mass is 9.84. The lowest BCUT2D eigenvalue weighted by molar-refractivity contribution is -0.137. The Morgan fingerprint density at radius 1 is 0.830 bits per heavy atom. The topological polar surface area (TPSA) is 127 Å². The van der Waals surface area contributed by atoms with Crippen LogP contribution in [0.15, 0.2) is 106 Å². The minimum Gasteiger partial charge on any atom is -0.511 e. The van der Waals surface area contributed by atoms with Gasteiger partial charge in [0.2, 0.25) is 5.91 Å². The Morgan fingerprint density at radius 2 is 1.49 bits per heavy atom. The highest BCUT2D eigenvalue weighted by molar-refractivity contribution is 6.21. The van der Waals surface area contributed by atoms with E-state index in [4.69, 9.17) is 15.0 Å². The molecule has 3 N–H and O–H groups in total. The minimum atomic E-state index is -0.827. The van der Waals surface area contributed by atoms with Crippen molar-refractivity contribution in [3.63, 3.8) is 0 Å². The number of nitrogens with zero attached hydrogens (tertiary/aromatic N) is 4. The number of hydrogen-bond acceptors (Lipinski definition) is 7. The number of aliphatic hydroxyl groups is 1. The van der Waals surface area contributed by atoms with Gasteiger partial charge in [0.1, 0.15) is 5.76 Å². The summed E-state index contributed by atoms with van der Waals surface area (Å²) in [5, 5.41) is 25.1. The van der Waals surface area contributed by atoms with Gasteiger partial charge >= 0.3 is 5.97 Å². The van der Waals surface area contributed by atoms with Crippen molar-refractivity contribution in [3.8, 4) is 0 Å². The quantitative estimate of drug-likeness (QED) is 0.165. The molecule has 1 unspecified atom stereocenters. The number of carboxylic acids is 1. The van der Waals surface area contributed by atoms with Crippen LogP contribution in [0, 0.1) is 11.8 Å². The van der Waals surface area contributed by atoms with Crippen molar-refractivity contribution < 1.29 is 19.8 Å². The number of aliphatic hydroxyl groups excluding tert-OH is 1. The number of hydrogen-bond donors (Lipinski definition) is 3. The summed E-state index contributed by atoms with van der Waals surface area (Å²) in [6, 6.07) is 0. The van der Waals surface area contributed by atoms with Crippen LogP contribution in [-0.2, 0) is 9.59 Å². The number of nitrogens with one attached hydrogen (secondary N) is 1. The lowest BCUT2D eigenvalue weighted by Crippen LogP contribution is -2.35. The zero-order chi connectivity index (χ0) is 38.1. The minimum absolute atomic E-state index is 0.0472. The summed E-state index contributed by atoms with van der Waals surface area (Å²) in [5.41, 5.74) is 15.1. The van der Waals surface area contributed by atoms with E-state index in [0.717, 1.165) is 142 Å². The largest absolute Gasteiger partial charge is 0.511 e. The molecule has 1 aliphatic carbocycles. The van der Waals surface area contributed by atoms with Crippen LogP contribution in [0.5, 0.6) is 0 Å². The summed E-state index contributed by atoms with van der Waals surface area (Å²) in [7, 11) is 0. The molecule has 9 nitrogen and oxygen atoms in total. The Hall–Kier alpha value is -4.53. The first-order valence-corrected chi connectivity index (χ1v) is 19.9. The van der Waals surface area contributed by atoms with Crippen molar-refractivity contribution in [3.05, 3.63) is 91.0 Å². The van der Waals surface area contributed by atoms with Crippen LogP contribution >= 0.6 is 0 Å². The molecule has 1 saturated heterocycles. The first-order chi connectivity index (χ1) is 25.4. The third-order valence-corrected chi connectivity index (χ3v) is 11.9. The average molecular weight is 720 g/mol. The summed E-state index contributed by atoms with van der Waals surface area (Å²) in [4.78, 5) is 43.8. The van der Waals surface area contributed by atoms with Crippen LogP contribution in [-0.4, -0.2) is 57.2 Å². The molecule has 0 spiro atoms. The second-order valence-corrected chi connectivity index (χ2v) is 15.2. The highest BCUT2D eigenvalue weighted by atomic mass is 16.4. The maximum Gasteiger partial charge on any atom is 0.303 e. The van der Waals surface area contributed by atoms with Crippen LogP contribution in [0.2, 0.25) is 0 Å². The van der Waals surface area contributed by atoms with Gasteiger partial charge in [0.05, 0.1) is 34.2 Å². The molecule has 1 amide bonds. The number of aliphatic imine (C=N–C) groups is 3. The molecule has 0 radical (unpaired) electrons. The van der Waals surface area contributed by atoms with Crippen LogP contribution in [0.4, 0.5) is 0 Å². The van der Waals surface area contributed by atoms with E-state index < -0.39 is 5.97 Å². The monoisotopic (exact) mass is 719 g/mol. The van der Waals surface area contributed by atoms with E-state index in [2.05, 4.69) is 65.9 Å². The van der Waals surface area contributed by atoms with Crippen LogP contribution in [0.1, 0.15) is 126 Å². The number of carbonyl (C=O) groups is 2. The Kier molecular flexibility index (Phi) is 11.4. The third kappa shape index (κ3) is 7.11. The van der Waals surface area contributed by atoms with E-state index in [1.807, 2.05) is 11.8 Å². The summed E-state index contributed by atoms with van der Waals surface area (Å²) in [6.07, 6.45) is 11.4. The molecule has 1 fully saturated rings. The van der Waals surface area contributed by atoms with Crippen molar-refractivity contribution in [2.75, 3.05) is 13.1 Å². The van der Waals surface area contributed by atoms with Crippen molar-refractivity contribution in [2.45, 2.75) is 126 Å². The summed E-state index contributed by atoms with van der Waals surface area (Å²) in [5.74, 6) is -0.671. The standard InChI is InChI=1S/C44H57N5O4/c1-9-13-18-49(19-14-10-2)38(51)21-31-26(7)42-30(16-15-17-39(52)53)41-25(6)29(12-4)36(47-41)22-33-24(5)28(11-3)35(45-33)23-34-27(8)40-37(50)20-32(43(31)48-42)44(40)46-34/h22-23,26,31,48,50H,9-21H2,1-8H3,(H,52,53)/t26-,31?/m0/s1. The van der Waals surface area contributed by atoms with E-state index in [1.54, 1.807) is 0 Å². The Morgan fingerprint density at radius 3 is 2.13 bits per heavy atom. The summed E-state index contributed by atoms with van der Waals surface area (Å²) >= 11 is 0. The number of unbranched alkanes of at least 4 members (excludes halogenated alkanes) is 2. The zero-order valence-electron chi connectivity index (χ0n) is 33.0. The van der Waals surface area contributed by atoms with Gasteiger partial charge in [0.25, 0.3) is 0 Å². The predicted molar refractivity (Wildman–Crippen MR) is 214 cm³/mol. The molecule has 53 heavy (non-hydrogen) atoms. The molecule has 6 rings (SSSR count). The average Bonchev–Trinajstić information content (AvgIpc) is 3.88. The molecule has 5 heterocycles. The predicted octanol–water partition coefficient (Wildman–Crippen LogP) is 9.51. The number of amides is 1. The van der Waals surface area contributed by atoms with Crippen molar-refractivity contribution >= 4 is 29.0 Å². The van der Waals surface area contributed by atoms with Crippen molar-refractivity contribution in [1.82, 2.24) is 10.2 Å². The zero-order valence-corrected chi connectivity index (χ0v) is 33.0. The van der Waals surface area contributed by atoms with Crippen LogP contribution < -0.4 is 5.32 Å². The second-order valence-electron chi connectivity index (χ2n) is 15.2. The summed E-state index contributed by atoms with van der Waals surface area (Å²) in [6.45, 7) is 18.5. The fourth-order valence-corrected chi connectivity index (χ4v) is 8.80. The molecule has 0 aromatic rings. The van der Waals surface area contributed by atoms with E-state index in [0.29, 0.717) is 31.4 Å². The number of fused-ring (bicyclic) bond motifs is 5. The molecule has 5 aliphatic heterocycles. The van der Waals surface area contributed by atoms with Gasteiger partial charge < -0.3 is 20.4 Å². The molecular weight excluding hydrogens is 663 g/mol. The van der Waals surface area contributed by atoms with Gasteiger partial charge in [0, 0.05) is 66.7 Å². The number of carbonyl (C=O) groups excluding carboxylic acids is 1. The van der Waals surface area contributed by atoms with Crippen molar-refractivity contribution in [2.24, 2.45) is 26.8 Å². The summed E-state index contributed by atoms with van der Waals surface area (Å²) < 4.78 is 0. The smallest absolute Gasteiger partial charge is 0.303 e. The fourth-order valence-electron chi connectivity index (χ4n) is 8.80. The SMILES string of the molecule is CCCCN(CCCC)C(=O)CC1C2=C3CC(O)=C4C3=NC(=C4C)C=C3N=C(C=C4N=C(C(C)=C4CC)C(CCCC(=O)O)=C(N2)[C@H]1C)C(C)=C3CC. The van der Waals surface area contributed by atoms with Gasteiger partial charge in [-0.25, -0.2) is 15.0 Å². The van der Waals surface area contributed by atoms with Gasteiger partial charge in [-0.1, -0.05) is 47.5 Å². The van der Waals surface area contributed by atoms with E-state index in [1.165, 1.54) is 0 Å². The van der Waals surface area contributed by atoms with Crippen molar-refractivity contribution in [1.29, 1.82) is 0 Å². The normalized spacial score (nSPS) is 22.2. The molecule has 8 bridgehead atoms. The van der Waals surface area contributed by atoms with Gasteiger partial charge in [-0.15, -0.1) is 0 Å². The van der Waals surface area contributed by atoms with Crippen LogP contribution in [0.3, 0.4) is 0 Å². The van der Waals surface area contributed by atoms with Gasteiger partial charge in [-0.2, -0.15) is 0 Å². The van der Waals surface area contributed by atoms with E-state index >= 15 is 0 Å². The fraction of sp³-hybridized carbons (Fsp3) is 0.523. The maximum absolute atomic E-state index is 14.3. The van der Waals surface area contributed by atoms with Gasteiger partial charge in [0.15, 0.2) is 0 Å². The lowest BCUT2D eigenvalue weighted by Gasteiger charge is -2.26. The first-order valence-electron chi connectivity index (χ1n) is 19.9. The molecule has 2 atom stereocenters. The van der Waals surface area contributed by atoms with Crippen LogP contribution in [0.25, 0.3) is 0 Å². The molecular formula is C44H57N5O4. The molecule has 282 valence electrons. The van der Waals surface area contributed by atoms with Gasteiger partial charge in [-0.3, -0.25) is 9.59 Å². The molecule has 6 aliphatic rings. The first kappa shape index (κ1) is 38.2. The number of carboxylic acid groups (broad SMARTS) is 1. The van der Waals surface area contributed by atoms with E-state index in [9.17, 15) is 19.8 Å².